The Bertz CT molecular complexity index is 1300. The Balaban J connectivity index is 1.41. The van der Waals surface area contributed by atoms with E-state index in [1.807, 2.05) is 17.6 Å². The molecular weight excluding hydrogens is 475 g/mol. The lowest BCUT2D eigenvalue weighted by molar-refractivity contribution is -0.137. The number of benzene rings is 3. The van der Waals surface area contributed by atoms with Gasteiger partial charge < -0.3 is 4.74 Å². The number of hydrazine groups is 1. The normalized spacial score (nSPS) is 11.7. The quantitative estimate of drug-likeness (QED) is 0.416. The van der Waals surface area contributed by atoms with Gasteiger partial charge in [0.15, 0.2) is 6.61 Å². The Hall–Kier alpha value is -3.64. The molecule has 0 radical (unpaired) electrons. The molecule has 0 spiro atoms. The highest BCUT2D eigenvalue weighted by atomic mass is 32.2. The first-order chi connectivity index (χ1) is 16.0. The second kappa shape index (κ2) is 10.5. The van der Waals surface area contributed by atoms with Gasteiger partial charge in [-0.1, -0.05) is 36.4 Å². The molecule has 3 aromatic rings. The third kappa shape index (κ3) is 6.93. The summed E-state index contributed by atoms with van der Waals surface area (Å²) in [5, 5.41) is 1.63. The molecule has 0 atom stereocenters. The molecule has 0 heterocycles. The third-order valence-electron chi connectivity index (χ3n) is 4.55. The minimum Gasteiger partial charge on any atom is -0.484 e. The number of halogens is 3. The number of sulfonamides is 1. The van der Waals surface area contributed by atoms with Gasteiger partial charge >= 0.3 is 6.18 Å². The maximum atomic E-state index is 12.7. The number of carbonyl (C=O) groups is 2. The molecular formula is C22H20F3N3O5S. The van der Waals surface area contributed by atoms with E-state index in [1.165, 1.54) is 18.2 Å². The highest BCUT2D eigenvalue weighted by molar-refractivity contribution is 7.89. The van der Waals surface area contributed by atoms with Crippen LogP contribution in [0.15, 0.2) is 71.6 Å². The van der Waals surface area contributed by atoms with Crippen molar-refractivity contribution in [3.05, 3.63) is 72.3 Å². The van der Waals surface area contributed by atoms with Crippen molar-refractivity contribution in [1.29, 1.82) is 0 Å². The van der Waals surface area contributed by atoms with E-state index in [4.69, 9.17) is 4.74 Å². The smallest absolute Gasteiger partial charge is 0.416 e. The van der Waals surface area contributed by atoms with Gasteiger partial charge in [0, 0.05) is 13.0 Å². The van der Waals surface area contributed by atoms with Crippen LogP contribution < -0.4 is 20.3 Å². The SMILES string of the molecule is O=C(CCNS(=O)(=O)c1ccc2ccccc2c1)NNC(=O)COc1cccc(C(F)(F)F)c1. The fourth-order valence-corrected chi connectivity index (χ4v) is 3.93. The summed E-state index contributed by atoms with van der Waals surface area (Å²) in [4.78, 5) is 23.6. The fourth-order valence-electron chi connectivity index (χ4n) is 2.87. The highest BCUT2D eigenvalue weighted by Crippen LogP contribution is 2.31. The van der Waals surface area contributed by atoms with Crippen molar-refractivity contribution in [2.45, 2.75) is 17.5 Å². The van der Waals surface area contributed by atoms with Crippen LogP contribution in [0.1, 0.15) is 12.0 Å². The lowest BCUT2D eigenvalue weighted by Crippen LogP contribution is -2.44. The van der Waals surface area contributed by atoms with Crippen molar-refractivity contribution in [1.82, 2.24) is 15.6 Å². The number of hydrogen-bond acceptors (Lipinski definition) is 5. The van der Waals surface area contributed by atoms with Gasteiger partial charge in [0.05, 0.1) is 10.5 Å². The monoisotopic (exact) mass is 495 g/mol. The lowest BCUT2D eigenvalue weighted by Gasteiger charge is -2.11. The first-order valence-electron chi connectivity index (χ1n) is 9.91. The standard InChI is InChI=1S/C22H20F3N3O5S/c23-22(24,25)17-6-3-7-18(13-17)33-14-21(30)28-27-20(29)10-11-26-34(31,32)19-9-8-15-4-1-2-5-16(15)12-19/h1-9,12-13,26H,10-11,14H2,(H,27,29)(H,28,30). The van der Waals surface area contributed by atoms with Gasteiger partial charge in [-0.25, -0.2) is 13.1 Å². The molecule has 180 valence electrons. The Morgan fingerprint density at radius 1 is 0.853 bits per heavy atom. The predicted octanol–water partition coefficient (Wildman–Crippen LogP) is 2.75. The van der Waals surface area contributed by atoms with Crippen molar-refractivity contribution in [3.63, 3.8) is 0 Å². The minimum absolute atomic E-state index is 0.0478. The van der Waals surface area contributed by atoms with Crippen LogP contribution in [0.4, 0.5) is 13.2 Å². The van der Waals surface area contributed by atoms with Crippen molar-refractivity contribution in [2.24, 2.45) is 0 Å². The number of hydrogen-bond donors (Lipinski definition) is 3. The van der Waals surface area contributed by atoms with Crippen LogP contribution >= 0.6 is 0 Å². The molecule has 0 saturated carbocycles. The summed E-state index contributed by atoms with van der Waals surface area (Å²) in [7, 11) is -3.85. The van der Waals surface area contributed by atoms with E-state index in [9.17, 15) is 31.2 Å². The van der Waals surface area contributed by atoms with Gasteiger partial charge in [-0.3, -0.25) is 20.4 Å². The lowest BCUT2D eigenvalue weighted by atomic mass is 10.1. The molecule has 8 nitrogen and oxygen atoms in total. The summed E-state index contributed by atoms with van der Waals surface area (Å²) in [6, 6.07) is 15.9. The molecule has 0 aliphatic heterocycles. The predicted molar refractivity (Wildman–Crippen MR) is 117 cm³/mol. The van der Waals surface area contributed by atoms with Crippen LogP contribution in [0.25, 0.3) is 10.8 Å². The zero-order valence-electron chi connectivity index (χ0n) is 17.6. The first kappa shape index (κ1) is 25.0. The largest absolute Gasteiger partial charge is 0.484 e. The Kier molecular flexibility index (Phi) is 7.74. The molecule has 0 unspecified atom stereocenters. The number of ether oxygens (including phenoxy) is 1. The molecule has 2 amide bonds. The zero-order chi connectivity index (χ0) is 24.8. The minimum atomic E-state index is -4.55. The second-order valence-corrected chi connectivity index (χ2v) is 8.83. The van der Waals surface area contributed by atoms with Crippen LogP contribution in [0, 0.1) is 0 Å². The molecule has 3 rings (SSSR count). The molecule has 0 aliphatic rings. The Morgan fingerprint density at radius 3 is 2.29 bits per heavy atom. The number of alkyl halides is 3. The van der Waals surface area contributed by atoms with E-state index >= 15 is 0 Å². The van der Waals surface area contributed by atoms with E-state index < -0.39 is 40.2 Å². The van der Waals surface area contributed by atoms with Gasteiger partial charge in [0.2, 0.25) is 15.9 Å². The van der Waals surface area contributed by atoms with Crippen LogP contribution in [-0.2, 0) is 25.8 Å². The molecule has 3 aromatic carbocycles. The molecule has 0 saturated heterocycles. The van der Waals surface area contributed by atoms with E-state index in [0.717, 1.165) is 29.0 Å². The van der Waals surface area contributed by atoms with Gasteiger partial charge in [-0.2, -0.15) is 13.2 Å². The summed E-state index contributed by atoms with van der Waals surface area (Å²) in [6.07, 6.45) is -4.83. The summed E-state index contributed by atoms with van der Waals surface area (Å²) in [5.74, 6) is -1.67. The average Bonchev–Trinajstić information content (AvgIpc) is 2.80. The molecule has 3 N–H and O–H groups in total. The van der Waals surface area contributed by atoms with Gasteiger partial charge in [-0.15, -0.1) is 0 Å². The van der Waals surface area contributed by atoms with E-state index in [-0.39, 0.29) is 23.6 Å². The van der Waals surface area contributed by atoms with E-state index in [0.29, 0.717) is 0 Å². The van der Waals surface area contributed by atoms with Crippen LogP contribution in [-0.4, -0.2) is 33.4 Å². The second-order valence-electron chi connectivity index (χ2n) is 7.07. The topological polar surface area (TPSA) is 114 Å². The van der Waals surface area contributed by atoms with E-state index in [1.54, 1.807) is 18.2 Å². The molecule has 12 heteroatoms. The number of fused-ring (bicyclic) bond motifs is 1. The number of rotatable bonds is 8. The van der Waals surface area contributed by atoms with Crippen LogP contribution in [0.2, 0.25) is 0 Å². The number of amides is 2. The summed E-state index contributed by atoms with van der Waals surface area (Å²) in [6.45, 7) is -0.867. The van der Waals surface area contributed by atoms with Gasteiger partial charge in [0.25, 0.3) is 5.91 Å². The molecule has 34 heavy (non-hydrogen) atoms. The Labute approximate surface area is 193 Å². The maximum Gasteiger partial charge on any atom is 0.416 e. The van der Waals surface area contributed by atoms with Crippen LogP contribution in [0.3, 0.4) is 0 Å². The van der Waals surface area contributed by atoms with Crippen LogP contribution in [0.5, 0.6) is 5.75 Å². The summed E-state index contributed by atoms with van der Waals surface area (Å²) < 4.78 is 70.2. The molecule has 0 fully saturated rings. The van der Waals surface area contributed by atoms with Gasteiger partial charge in [0.1, 0.15) is 5.75 Å². The van der Waals surface area contributed by atoms with E-state index in [2.05, 4.69) is 10.1 Å². The molecule has 0 aliphatic carbocycles. The third-order valence-corrected chi connectivity index (χ3v) is 6.01. The highest BCUT2D eigenvalue weighted by Gasteiger charge is 2.30. The van der Waals surface area contributed by atoms with Crippen molar-refractivity contribution < 1.29 is 35.9 Å². The maximum absolute atomic E-state index is 12.7. The zero-order valence-corrected chi connectivity index (χ0v) is 18.4. The fraction of sp³-hybridized carbons (Fsp3) is 0.182. The average molecular weight is 495 g/mol. The summed E-state index contributed by atoms with van der Waals surface area (Å²) in [5.41, 5.74) is 3.18. The van der Waals surface area contributed by atoms with Crippen molar-refractivity contribution in [2.75, 3.05) is 13.2 Å². The summed E-state index contributed by atoms with van der Waals surface area (Å²) >= 11 is 0. The van der Waals surface area contributed by atoms with Crippen molar-refractivity contribution >= 4 is 32.6 Å². The first-order valence-corrected chi connectivity index (χ1v) is 11.4. The number of carbonyl (C=O) groups excluding carboxylic acids is 2. The van der Waals surface area contributed by atoms with Crippen molar-refractivity contribution in [3.8, 4) is 5.75 Å². The molecule has 0 aromatic heterocycles. The number of nitrogens with one attached hydrogen (secondary N) is 3. The molecule has 0 bridgehead atoms. The Morgan fingerprint density at radius 2 is 1.56 bits per heavy atom. The van der Waals surface area contributed by atoms with Gasteiger partial charge in [-0.05, 0) is 41.1 Å².